The topological polar surface area (TPSA) is 9.23 Å². The summed E-state index contributed by atoms with van der Waals surface area (Å²) in [5.41, 5.74) is 2.12. The van der Waals surface area contributed by atoms with Crippen molar-refractivity contribution >= 4 is 0 Å². The van der Waals surface area contributed by atoms with Crippen LogP contribution in [0.5, 0.6) is 0 Å². The van der Waals surface area contributed by atoms with Crippen molar-refractivity contribution in [1.82, 2.24) is 0 Å². The van der Waals surface area contributed by atoms with Crippen LogP contribution < -0.4 is 0 Å². The van der Waals surface area contributed by atoms with Crippen molar-refractivity contribution in [2.75, 3.05) is 6.61 Å². The van der Waals surface area contributed by atoms with Gasteiger partial charge in [0.1, 0.15) is 6.61 Å². The molecule has 3 atom stereocenters. The van der Waals surface area contributed by atoms with E-state index in [1.54, 1.807) is 0 Å². The molecule has 0 radical (unpaired) electrons. The third-order valence-corrected chi connectivity index (χ3v) is 3.66. The summed E-state index contributed by atoms with van der Waals surface area (Å²) in [6, 6.07) is 0. The predicted octanol–water partition coefficient (Wildman–Crippen LogP) is 4.07. The van der Waals surface area contributed by atoms with E-state index in [4.69, 9.17) is 0 Å². The second-order valence-corrected chi connectivity index (χ2v) is 4.85. The number of halogens is 1. The maximum Gasteiger partial charge on any atom is 0.109 e. The van der Waals surface area contributed by atoms with Gasteiger partial charge in [-0.05, 0) is 54.0 Å². The first-order chi connectivity index (χ1) is 7.06. The Bertz CT molecular complexity index is 247. The van der Waals surface area contributed by atoms with Crippen LogP contribution >= 0.6 is 0 Å². The Kier molecular flexibility index (Phi) is 4.52. The SMILES string of the molecule is C=C(C)C1CCC(C)C(C(=C)COF)C1. The van der Waals surface area contributed by atoms with Gasteiger partial charge in [-0.15, -0.1) is 0 Å². The Morgan fingerprint density at radius 2 is 2.07 bits per heavy atom. The molecule has 0 aromatic heterocycles. The number of allylic oxidation sites excluding steroid dienone is 1. The lowest BCUT2D eigenvalue weighted by Crippen LogP contribution is -2.26. The van der Waals surface area contributed by atoms with Gasteiger partial charge >= 0.3 is 0 Å². The number of hydrogen-bond acceptors (Lipinski definition) is 1. The summed E-state index contributed by atoms with van der Waals surface area (Å²) in [6.45, 7) is 12.3. The first-order valence-electron chi connectivity index (χ1n) is 5.62. The lowest BCUT2D eigenvalue weighted by atomic mass is 9.70. The highest BCUT2D eigenvalue weighted by Crippen LogP contribution is 2.39. The van der Waals surface area contributed by atoms with E-state index >= 15 is 0 Å². The lowest BCUT2D eigenvalue weighted by molar-refractivity contribution is -0.123. The highest BCUT2D eigenvalue weighted by molar-refractivity contribution is 5.09. The summed E-state index contributed by atoms with van der Waals surface area (Å²) in [5, 5.41) is 0. The van der Waals surface area contributed by atoms with Crippen molar-refractivity contribution in [2.45, 2.75) is 33.1 Å². The molecule has 1 rings (SSSR count). The molecule has 3 unspecified atom stereocenters. The zero-order valence-corrected chi connectivity index (χ0v) is 9.76. The fourth-order valence-corrected chi connectivity index (χ4v) is 2.52. The van der Waals surface area contributed by atoms with E-state index in [2.05, 4.69) is 31.9 Å². The zero-order chi connectivity index (χ0) is 11.4. The molecule has 0 bridgehead atoms. The maximum absolute atomic E-state index is 11.8. The van der Waals surface area contributed by atoms with Gasteiger partial charge in [0.05, 0.1) is 0 Å². The standard InChI is InChI=1S/C13H21FO/c1-9(2)12-6-5-10(3)13(7-12)11(4)8-15-14/h10,12-13H,1,4-8H2,2-3H3. The second-order valence-electron chi connectivity index (χ2n) is 4.85. The van der Waals surface area contributed by atoms with Gasteiger partial charge < -0.3 is 0 Å². The first-order valence-corrected chi connectivity index (χ1v) is 5.62. The minimum atomic E-state index is 0.0396. The molecular weight excluding hydrogens is 191 g/mol. The molecule has 1 saturated carbocycles. The molecule has 0 N–H and O–H groups in total. The molecule has 1 aliphatic rings. The van der Waals surface area contributed by atoms with Crippen molar-refractivity contribution in [1.29, 1.82) is 0 Å². The summed E-state index contributed by atoms with van der Waals surface area (Å²) in [5.74, 6) is 1.54. The molecule has 86 valence electrons. The molecule has 0 saturated heterocycles. The molecule has 0 aliphatic heterocycles. The van der Waals surface area contributed by atoms with Crippen LogP contribution in [0.1, 0.15) is 33.1 Å². The lowest BCUT2D eigenvalue weighted by Gasteiger charge is -2.35. The molecule has 0 aromatic rings. The Hall–Kier alpha value is -0.630. The van der Waals surface area contributed by atoms with Crippen molar-refractivity contribution in [2.24, 2.45) is 17.8 Å². The fraction of sp³-hybridized carbons (Fsp3) is 0.692. The average Bonchev–Trinajstić information content (AvgIpc) is 2.18. The summed E-state index contributed by atoms with van der Waals surface area (Å²) in [6.07, 6.45) is 3.43. The van der Waals surface area contributed by atoms with Gasteiger partial charge in [-0.1, -0.05) is 25.7 Å². The quantitative estimate of drug-likeness (QED) is 0.638. The van der Waals surface area contributed by atoms with E-state index < -0.39 is 0 Å². The molecule has 0 aromatic carbocycles. The van der Waals surface area contributed by atoms with E-state index in [9.17, 15) is 4.53 Å². The van der Waals surface area contributed by atoms with Crippen LogP contribution in [0, 0.1) is 17.8 Å². The van der Waals surface area contributed by atoms with E-state index in [1.807, 2.05) is 0 Å². The number of rotatable bonds is 4. The molecule has 0 heterocycles. The zero-order valence-electron chi connectivity index (χ0n) is 9.76. The van der Waals surface area contributed by atoms with Gasteiger partial charge in [-0.2, -0.15) is 4.94 Å². The van der Waals surface area contributed by atoms with Crippen molar-refractivity contribution < 1.29 is 9.47 Å². The van der Waals surface area contributed by atoms with Gasteiger partial charge in [-0.25, -0.2) is 0 Å². The minimum Gasteiger partial charge on any atom is -0.190 e. The third kappa shape index (κ3) is 3.16. The van der Waals surface area contributed by atoms with Crippen molar-refractivity contribution in [3.63, 3.8) is 0 Å². The van der Waals surface area contributed by atoms with Crippen LogP contribution in [0.4, 0.5) is 4.53 Å². The Balaban J connectivity index is 2.60. The van der Waals surface area contributed by atoms with Crippen molar-refractivity contribution in [3.05, 3.63) is 24.3 Å². The number of hydrogen-bond donors (Lipinski definition) is 0. The van der Waals surface area contributed by atoms with Gasteiger partial charge in [-0.3, -0.25) is 0 Å². The van der Waals surface area contributed by atoms with Crippen molar-refractivity contribution in [3.8, 4) is 0 Å². The highest BCUT2D eigenvalue weighted by atomic mass is 19.3. The van der Waals surface area contributed by atoms with Crippen LogP contribution in [0.3, 0.4) is 0 Å². The summed E-state index contributed by atoms with van der Waals surface area (Å²) in [4.78, 5) is 3.68. The normalized spacial score (nSPS) is 31.3. The smallest absolute Gasteiger partial charge is 0.109 e. The van der Waals surface area contributed by atoms with Crippen LogP contribution in [-0.4, -0.2) is 6.61 Å². The molecule has 15 heavy (non-hydrogen) atoms. The fourth-order valence-electron chi connectivity index (χ4n) is 2.52. The van der Waals surface area contributed by atoms with Gasteiger partial charge in [0.15, 0.2) is 0 Å². The molecule has 1 aliphatic carbocycles. The average molecular weight is 212 g/mol. The molecule has 0 amide bonds. The largest absolute Gasteiger partial charge is 0.190 e. The Labute approximate surface area is 91.9 Å². The monoisotopic (exact) mass is 212 g/mol. The van der Waals surface area contributed by atoms with Crippen LogP contribution in [0.2, 0.25) is 0 Å². The first kappa shape index (κ1) is 12.4. The summed E-state index contributed by atoms with van der Waals surface area (Å²) in [7, 11) is 0. The molecule has 1 fully saturated rings. The molecular formula is C13H21FO. The van der Waals surface area contributed by atoms with E-state index in [1.165, 1.54) is 18.4 Å². The molecule has 0 spiro atoms. The van der Waals surface area contributed by atoms with E-state index in [-0.39, 0.29) is 6.61 Å². The Morgan fingerprint density at radius 3 is 2.60 bits per heavy atom. The van der Waals surface area contributed by atoms with E-state index in [0.29, 0.717) is 17.8 Å². The predicted molar refractivity (Wildman–Crippen MR) is 61.0 cm³/mol. The van der Waals surface area contributed by atoms with Gasteiger partial charge in [0.2, 0.25) is 0 Å². The maximum atomic E-state index is 11.8. The van der Waals surface area contributed by atoms with Gasteiger partial charge in [0.25, 0.3) is 0 Å². The molecule has 1 nitrogen and oxygen atoms in total. The van der Waals surface area contributed by atoms with Crippen LogP contribution in [-0.2, 0) is 4.94 Å². The molecule has 2 heteroatoms. The minimum absolute atomic E-state index is 0.0396. The second kappa shape index (κ2) is 5.45. The summed E-state index contributed by atoms with van der Waals surface area (Å²) < 4.78 is 11.8. The van der Waals surface area contributed by atoms with E-state index in [0.717, 1.165) is 12.0 Å². The summed E-state index contributed by atoms with van der Waals surface area (Å²) >= 11 is 0. The van der Waals surface area contributed by atoms with Crippen LogP contribution in [0.25, 0.3) is 0 Å². The highest BCUT2D eigenvalue weighted by Gasteiger charge is 2.29. The Morgan fingerprint density at radius 1 is 1.40 bits per heavy atom. The van der Waals surface area contributed by atoms with Crippen LogP contribution in [0.15, 0.2) is 24.3 Å². The van der Waals surface area contributed by atoms with Gasteiger partial charge in [0, 0.05) is 0 Å². The third-order valence-electron chi connectivity index (χ3n) is 3.66.